The lowest BCUT2D eigenvalue weighted by Crippen LogP contribution is -2.38. The number of ether oxygens (including phenoxy) is 1. The third kappa shape index (κ3) is 4.92. The number of amides is 1. The second-order valence-electron chi connectivity index (χ2n) is 9.50. The zero-order valence-electron chi connectivity index (χ0n) is 20.0. The molecule has 1 amide bonds. The van der Waals surface area contributed by atoms with E-state index in [0.717, 1.165) is 22.9 Å². The van der Waals surface area contributed by atoms with Crippen LogP contribution in [-0.2, 0) is 21.9 Å². The predicted octanol–water partition coefficient (Wildman–Crippen LogP) is 4.63. The van der Waals surface area contributed by atoms with Crippen molar-refractivity contribution in [2.45, 2.75) is 32.6 Å². The Hall–Kier alpha value is -3.39. The average Bonchev–Trinajstić information content (AvgIpc) is 2.77. The van der Waals surface area contributed by atoms with Gasteiger partial charge in [-0.05, 0) is 52.3 Å². The molecule has 0 spiro atoms. The SMILES string of the molecule is COc1ccc(N2CCc3cc(-c4ccc(C(C)(C)C)cc4)ccc3C2=O)nc1NS(C)(=O)=O. The fourth-order valence-electron chi connectivity index (χ4n) is 4.05. The molecule has 0 aliphatic carbocycles. The Morgan fingerprint density at radius 1 is 1.00 bits per heavy atom. The molecule has 0 fully saturated rings. The predicted molar refractivity (Wildman–Crippen MR) is 135 cm³/mol. The summed E-state index contributed by atoms with van der Waals surface area (Å²) < 4.78 is 31.0. The number of carbonyl (C=O) groups excluding carboxylic acids is 1. The monoisotopic (exact) mass is 479 g/mol. The van der Waals surface area contributed by atoms with Gasteiger partial charge in [0.05, 0.1) is 13.4 Å². The van der Waals surface area contributed by atoms with Crippen molar-refractivity contribution in [2.24, 2.45) is 0 Å². The Morgan fingerprint density at radius 3 is 2.29 bits per heavy atom. The van der Waals surface area contributed by atoms with Crippen LogP contribution < -0.4 is 14.4 Å². The standard InChI is InChI=1S/C26H29N3O4S/c1-26(2,3)20-9-6-17(7-10-20)18-8-11-21-19(16-18)14-15-29(25(21)30)23-13-12-22(33-4)24(27-23)28-34(5,31)32/h6-13,16H,14-15H2,1-5H3,(H,27,28). The minimum Gasteiger partial charge on any atom is -0.493 e. The summed E-state index contributed by atoms with van der Waals surface area (Å²) in [5.74, 6) is 0.527. The number of carbonyl (C=O) groups is 1. The number of pyridine rings is 1. The van der Waals surface area contributed by atoms with Gasteiger partial charge in [0.15, 0.2) is 11.6 Å². The quantitative estimate of drug-likeness (QED) is 0.576. The first-order valence-corrected chi connectivity index (χ1v) is 12.9. The fraction of sp³-hybridized carbons (Fsp3) is 0.308. The number of nitrogens with one attached hydrogen (secondary N) is 1. The highest BCUT2D eigenvalue weighted by Crippen LogP contribution is 2.32. The molecular weight excluding hydrogens is 450 g/mol. The van der Waals surface area contributed by atoms with Crippen LogP contribution in [0.15, 0.2) is 54.6 Å². The van der Waals surface area contributed by atoms with Crippen LogP contribution in [0.3, 0.4) is 0 Å². The molecule has 1 N–H and O–H groups in total. The zero-order chi connectivity index (χ0) is 24.7. The van der Waals surface area contributed by atoms with E-state index in [2.05, 4.69) is 60.8 Å². The Balaban J connectivity index is 1.62. The van der Waals surface area contributed by atoms with E-state index in [1.165, 1.54) is 12.7 Å². The van der Waals surface area contributed by atoms with Crippen LogP contribution in [-0.4, -0.2) is 39.2 Å². The smallest absolute Gasteiger partial charge is 0.259 e. The molecule has 3 aromatic rings. The molecule has 4 rings (SSSR count). The molecule has 1 aromatic heterocycles. The van der Waals surface area contributed by atoms with Gasteiger partial charge in [-0.2, -0.15) is 0 Å². The summed E-state index contributed by atoms with van der Waals surface area (Å²) in [6, 6.07) is 17.7. The highest BCUT2D eigenvalue weighted by Gasteiger charge is 2.27. The molecule has 2 heterocycles. The van der Waals surface area contributed by atoms with E-state index >= 15 is 0 Å². The maximum atomic E-state index is 13.3. The first-order chi connectivity index (χ1) is 16.0. The maximum Gasteiger partial charge on any atom is 0.259 e. The van der Waals surface area contributed by atoms with E-state index < -0.39 is 10.0 Å². The van der Waals surface area contributed by atoms with E-state index in [4.69, 9.17) is 4.74 Å². The van der Waals surface area contributed by atoms with E-state index in [1.807, 2.05) is 12.1 Å². The molecule has 0 bridgehead atoms. The van der Waals surface area contributed by atoms with Crippen LogP contribution in [0.5, 0.6) is 5.75 Å². The summed E-state index contributed by atoms with van der Waals surface area (Å²) in [5, 5.41) is 0. The van der Waals surface area contributed by atoms with Crippen LogP contribution in [0.4, 0.5) is 11.6 Å². The summed E-state index contributed by atoms with van der Waals surface area (Å²) in [7, 11) is -2.13. The number of nitrogens with zero attached hydrogens (tertiary/aromatic N) is 2. The first kappa shape index (κ1) is 23.8. The molecule has 0 saturated heterocycles. The summed E-state index contributed by atoms with van der Waals surface area (Å²) >= 11 is 0. The maximum absolute atomic E-state index is 13.3. The van der Waals surface area contributed by atoms with Crippen LogP contribution in [0.1, 0.15) is 42.3 Å². The zero-order valence-corrected chi connectivity index (χ0v) is 20.9. The molecule has 1 aliphatic heterocycles. The van der Waals surface area contributed by atoms with Crippen LogP contribution in [0.2, 0.25) is 0 Å². The van der Waals surface area contributed by atoms with Crippen molar-refractivity contribution in [3.05, 3.63) is 71.3 Å². The molecule has 7 nitrogen and oxygen atoms in total. The molecule has 178 valence electrons. The molecule has 34 heavy (non-hydrogen) atoms. The molecule has 0 atom stereocenters. The molecule has 2 aromatic carbocycles. The third-order valence-electron chi connectivity index (χ3n) is 5.89. The number of benzene rings is 2. The van der Waals surface area contributed by atoms with Crippen LogP contribution >= 0.6 is 0 Å². The number of rotatable bonds is 5. The number of sulfonamides is 1. The lowest BCUT2D eigenvalue weighted by Gasteiger charge is -2.28. The normalized spacial score (nSPS) is 14.0. The van der Waals surface area contributed by atoms with Crippen LogP contribution in [0, 0.1) is 0 Å². The second-order valence-corrected chi connectivity index (χ2v) is 11.2. The molecule has 0 unspecified atom stereocenters. The Labute approximate surface area is 200 Å². The van der Waals surface area contributed by atoms with Gasteiger partial charge in [0.25, 0.3) is 5.91 Å². The van der Waals surface area contributed by atoms with Gasteiger partial charge in [0, 0.05) is 12.1 Å². The number of methoxy groups -OCH3 is 1. The second kappa shape index (κ2) is 8.76. The summed E-state index contributed by atoms with van der Waals surface area (Å²) in [6.07, 6.45) is 1.70. The Bertz CT molecular complexity index is 1340. The number of aromatic nitrogens is 1. The van der Waals surface area contributed by atoms with Gasteiger partial charge in [0.1, 0.15) is 5.82 Å². The topological polar surface area (TPSA) is 88.6 Å². The number of fused-ring (bicyclic) bond motifs is 1. The van der Waals surface area contributed by atoms with Crippen molar-refractivity contribution in [1.29, 1.82) is 0 Å². The van der Waals surface area contributed by atoms with Gasteiger partial charge >= 0.3 is 0 Å². The average molecular weight is 480 g/mol. The van der Waals surface area contributed by atoms with Gasteiger partial charge < -0.3 is 4.74 Å². The summed E-state index contributed by atoms with van der Waals surface area (Å²) in [5.41, 5.74) is 5.16. The molecule has 1 aliphatic rings. The minimum absolute atomic E-state index is 0.0511. The fourth-order valence-corrected chi connectivity index (χ4v) is 4.55. The summed E-state index contributed by atoms with van der Waals surface area (Å²) in [4.78, 5) is 19.2. The van der Waals surface area contributed by atoms with Gasteiger partial charge in [-0.15, -0.1) is 0 Å². The van der Waals surface area contributed by atoms with E-state index in [1.54, 1.807) is 17.0 Å². The Morgan fingerprint density at radius 2 is 1.68 bits per heavy atom. The first-order valence-electron chi connectivity index (χ1n) is 11.0. The van der Waals surface area contributed by atoms with Crippen molar-refractivity contribution in [3.63, 3.8) is 0 Å². The van der Waals surface area contributed by atoms with Crippen molar-refractivity contribution in [1.82, 2.24) is 4.98 Å². The molecule has 0 radical (unpaired) electrons. The van der Waals surface area contributed by atoms with E-state index in [-0.39, 0.29) is 22.9 Å². The highest BCUT2D eigenvalue weighted by atomic mass is 32.2. The van der Waals surface area contributed by atoms with Crippen molar-refractivity contribution >= 4 is 27.6 Å². The van der Waals surface area contributed by atoms with Crippen LogP contribution in [0.25, 0.3) is 11.1 Å². The minimum atomic E-state index is -3.56. The van der Waals surface area contributed by atoms with Gasteiger partial charge in [0.2, 0.25) is 10.0 Å². The molecule has 8 heteroatoms. The highest BCUT2D eigenvalue weighted by molar-refractivity contribution is 7.92. The summed E-state index contributed by atoms with van der Waals surface area (Å²) in [6.45, 7) is 7.01. The molecule has 0 saturated carbocycles. The van der Waals surface area contributed by atoms with Gasteiger partial charge in [-0.25, -0.2) is 13.4 Å². The van der Waals surface area contributed by atoms with Crippen molar-refractivity contribution in [2.75, 3.05) is 29.5 Å². The number of anilines is 2. The van der Waals surface area contributed by atoms with Gasteiger partial charge in [-0.3, -0.25) is 14.4 Å². The Kier molecular flexibility index (Phi) is 6.12. The van der Waals surface area contributed by atoms with Gasteiger partial charge in [-0.1, -0.05) is 57.2 Å². The van der Waals surface area contributed by atoms with E-state index in [9.17, 15) is 13.2 Å². The molecular formula is C26H29N3O4S. The van der Waals surface area contributed by atoms with Crippen molar-refractivity contribution < 1.29 is 17.9 Å². The number of hydrogen-bond acceptors (Lipinski definition) is 5. The largest absolute Gasteiger partial charge is 0.493 e. The third-order valence-corrected chi connectivity index (χ3v) is 6.46. The lowest BCUT2D eigenvalue weighted by molar-refractivity contribution is 0.0980. The van der Waals surface area contributed by atoms with Crippen molar-refractivity contribution in [3.8, 4) is 16.9 Å². The lowest BCUT2D eigenvalue weighted by atomic mass is 9.86. The van der Waals surface area contributed by atoms with E-state index in [0.29, 0.717) is 24.3 Å². The number of hydrogen-bond donors (Lipinski definition) is 1.